The van der Waals surface area contributed by atoms with Gasteiger partial charge in [-0.25, -0.2) is 0 Å². The van der Waals surface area contributed by atoms with E-state index in [4.69, 9.17) is 27.9 Å². The topological polar surface area (TPSA) is 81.5 Å². The number of nitrogens with zero attached hydrogens (tertiary/aromatic N) is 1. The summed E-state index contributed by atoms with van der Waals surface area (Å²) >= 11 is 13.3. The van der Waals surface area contributed by atoms with Gasteiger partial charge in [0.25, 0.3) is 11.6 Å². The van der Waals surface area contributed by atoms with E-state index in [1.54, 1.807) is 24.3 Å². The van der Waals surface area contributed by atoms with Crippen molar-refractivity contribution in [3.8, 4) is 5.75 Å². The van der Waals surface area contributed by atoms with Crippen LogP contribution < -0.4 is 10.1 Å². The highest BCUT2D eigenvalue weighted by Crippen LogP contribution is 2.40. The van der Waals surface area contributed by atoms with E-state index in [0.717, 1.165) is 11.3 Å². The first kappa shape index (κ1) is 17.5. The normalized spacial score (nSPS) is 10.7. The summed E-state index contributed by atoms with van der Waals surface area (Å²) in [4.78, 5) is 23.4. The van der Waals surface area contributed by atoms with Crippen LogP contribution in [-0.2, 0) is 0 Å². The lowest BCUT2D eigenvalue weighted by Gasteiger charge is -2.07. The Labute approximate surface area is 156 Å². The number of fused-ring (bicyclic) bond motifs is 1. The zero-order valence-corrected chi connectivity index (χ0v) is 15.0. The minimum absolute atomic E-state index is 0.0871. The van der Waals surface area contributed by atoms with Crippen molar-refractivity contribution in [1.82, 2.24) is 0 Å². The average Bonchev–Trinajstić information content (AvgIpc) is 2.92. The molecule has 3 rings (SSSR count). The SMILES string of the molecule is COc1ccc(NC(=O)c2sc3c([N+](=O)[O-])cccc3c2Cl)cc1Cl. The van der Waals surface area contributed by atoms with Gasteiger partial charge in [0.2, 0.25) is 0 Å². The number of carbonyl (C=O) groups is 1. The Bertz CT molecular complexity index is 1000. The van der Waals surface area contributed by atoms with Gasteiger partial charge in [0.05, 0.1) is 22.1 Å². The molecule has 0 saturated carbocycles. The maximum Gasteiger partial charge on any atom is 0.287 e. The van der Waals surface area contributed by atoms with Crippen molar-refractivity contribution in [3.63, 3.8) is 0 Å². The maximum atomic E-state index is 12.5. The summed E-state index contributed by atoms with van der Waals surface area (Å²) in [5, 5.41) is 14.8. The van der Waals surface area contributed by atoms with Crippen LogP contribution in [0.15, 0.2) is 36.4 Å². The highest BCUT2D eigenvalue weighted by atomic mass is 35.5. The number of halogens is 2. The van der Waals surface area contributed by atoms with Gasteiger partial charge in [-0.1, -0.05) is 35.3 Å². The van der Waals surface area contributed by atoms with E-state index in [1.807, 2.05) is 0 Å². The molecule has 0 atom stereocenters. The molecule has 0 unspecified atom stereocenters. The molecule has 2 aromatic carbocycles. The van der Waals surface area contributed by atoms with Gasteiger partial charge in [-0.3, -0.25) is 14.9 Å². The number of carbonyl (C=O) groups excluding carboxylic acids is 1. The van der Waals surface area contributed by atoms with Crippen molar-refractivity contribution < 1.29 is 14.5 Å². The Hall–Kier alpha value is -2.35. The van der Waals surface area contributed by atoms with E-state index in [0.29, 0.717) is 26.5 Å². The molecule has 0 saturated heterocycles. The van der Waals surface area contributed by atoms with E-state index in [-0.39, 0.29) is 15.6 Å². The second-order valence-corrected chi connectivity index (χ2v) is 6.77. The lowest BCUT2D eigenvalue weighted by Crippen LogP contribution is -2.10. The first-order chi connectivity index (χ1) is 11.9. The number of nitro groups is 1. The first-order valence-electron chi connectivity index (χ1n) is 6.92. The number of hydrogen-bond donors (Lipinski definition) is 1. The highest BCUT2D eigenvalue weighted by molar-refractivity contribution is 7.22. The maximum absolute atomic E-state index is 12.5. The van der Waals surface area contributed by atoms with Gasteiger partial charge >= 0.3 is 0 Å². The molecule has 1 N–H and O–H groups in total. The van der Waals surface area contributed by atoms with Crippen LogP contribution in [0.4, 0.5) is 11.4 Å². The fraction of sp³-hybridized carbons (Fsp3) is 0.0625. The summed E-state index contributed by atoms with van der Waals surface area (Å²) in [5.74, 6) is 0.0110. The molecule has 128 valence electrons. The Morgan fingerprint density at radius 2 is 2.04 bits per heavy atom. The van der Waals surface area contributed by atoms with E-state index in [9.17, 15) is 14.9 Å². The van der Waals surface area contributed by atoms with E-state index in [2.05, 4.69) is 5.32 Å². The standard InChI is InChI=1S/C16H10Cl2N2O4S/c1-24-12-6-5-8(7-10(12)17)19-16(21)15-13(18)9-3-2-4-11(20(22)23)14(9)25-15/h2-7H,1H3,(H,19,21). The van der Waals surface area contributed by atoms with E-state index in [1.165, 1.54) is 19.2 Å². The molecular formula is C16H10Cl2N2O4S. The summed E-state index contributed by atoms with van der Waals surface area (Å²) in [5.41, 5.74) is 0.370. The third kappa shape index (κ3) is 3.26. The van der Waals surface area contributed by atoms with Crippen molar-refractivity contribution >= 4 is 61.9 Å². The van der Waals surface area contributed by atoms with Crippen molar-refractivity contribution in [2.24, 2.45) is 0 Å². The van der Waals surface area contributed by atoms with Crippen molar-refractivity contribution in [3.05, 3.63) is 61.4 Å². The van der Waals surface area contributed by atoms with Crippen molar-refractivity contribution in [1.29, 1.82) is 0 Å². The summed E-state index contributed by atoms with van der Waals surface area (Å²) in [7, 11) is 1.49. The fourth-order valence-corrected chi connectivity index (χ4v) is 4.04. The first-order valence-corrected chi connectivity index (χ1v) is 8.50. The van der Waals surface area contributed by atoms with Gasteiger partial charge in [-0.05, 0) is 18.2 Å². The number of rotatable bonds is 4. The average molecular weight is 397 g/mol. The van der Waals surface area contributed by atoms with Gasteiger partial charge in [-0.2, -0.15) is 0 Å². The number of hydrogen-bond acceptors (Lipinski definition) is 5. The summed E-state index contributed by atoms with van der Waals surface area (Å²) in [6.07, 6.45) is 0. The van der Waals surface area contributed by atoms with Crippen molar-refractivity contribution in [2.75, 3.05) is 12.4 Å². The van der Waals surface area contributed by atoms with E-state index < -0.39 is 10.8 Å². The quantitative estimate of drug-likeness (QED) is 0.474. The third-order valence-electron chi connectivity index (χ3n) is 3.45. The molecule has 25 heavy (non-hydrogen) atoms. The van der Waals surface area contributed by atoms with Gasteiger partial charge in [0.1, 0.15) is 15.3 Å². The van der Waals surface area contributed by atoms with Crippen molar-refractivity contribution in [2.45, 2.75) is 0 Å². The molecule has 9 heteroatoms. The van der Waals surface area contributed by atoms with E-state index >= 15 is 0 Å². The van der Waals surface area contributed by atoms with Gasteiger partial charge in [0.15, 0.2) is 0 Å². The molecule has 1 aromatic heterocycles. The molecular weight excluding hydrogens is 387 g/mol. The number of non-ortho nitro benzene ring substituents is 1. The van der Waals surface area contributed by atoms with Crippen LogP contribution in [0, 0.1) is 10.1 Å². The zero-order valence-electron chi connectivity index (χ0n) is 12.7. The molecule has 0 radical (unpaired) electrons. The van der Waals surface area contributed by atoms with Crippen LogP contribution in [0.1, 0.15) is 9.67 Å². The number of anilines is 1. The number of ether oxygens (including phenoxy) is 1. The summed E-state index contributed by atoms with van der Waals surface area (Å²) < 4.78 is 5.41. The largest absolute Gasteiger partial charge is 0.495 e. The Kier molecular flexibility index (Phi) is 4.80. The molecule has 0 aliphatic carbocycles. The number of nitro benzene ring substituents is 1. The third-order valence-corrected chi connectivity index (χ3v) is 5.47. The second-order valence-electron chi connectivity index (χ2n) is 4.96. The number of amides is 1. The zero-order chi connectivity index (χ0) is 18.1. The smallest absolute Gasteiger partial charge is 0.287 e. The Balaban J connectivity index is 1.97. The molecule has 6 nitrogen and oxygen atoms in total. The van der Waals surface area contributed by atoms with Crippen LogP contribution in [0.5, 0.6) is 5.75 Å². The minimum Gasteiger partial charge on any atom is -0.495 e. The summed E-state index contributed by atoms with van der Waals surface area (Å²) in [6, 6.07) is 9.34. The monoisotopic (exact) mass is 396 g/mol. The number of thiophene rings is 1. The molecule has 1 heterocycles. The number of methoxy groups -OCH3 is 1. The molecule has 3 aromatic rings. The van der Waals surface area contributed by atoms with Gasteiger partial charge in [-0.15, -0.1) is 11.3 Å². The number of benzene rings is 2. The second kappa shape index (κ2) is 6.87. The minimum atomic E-state index is -0.500. The van der Waals surface area contributed by atoms with Crippen LogP contribution in [0.25, 0.3) is 10.1 Å². The Morgan fingerprint density at radius 1 is 1.28 bits per heavy atom. The lowest BCUT2D eigenvalue weighted by molar-refractivity contribution is -0.382. The van der Waals surface area contributed by atoms with Gasteiger partial charge in [0, 0.05) is 17.1 Å². The molecule has 1 amide bonds. The molecule has 0 spiro atoms. The lowest BCUT2D eigenvalue weighted by atomic mass is 10.2. The molecule has 0 aliphatic heterocycles. The predicted octanol–water partition coefficient (Wildman–Crippen LogP) is 5.38. The van der Waals surface area contributed by atoms with Crippen LogP contribution >= 0.6 is 34.5 Å². The van der Waals surface area contributed by atoms with Crippen LogP contribution in [0.3, 0.4) is 0 Å². The molecule has 0 bridgehead atoms. The van der Waals surface area contributed by atoms with Gasteiger partial charge < -0.3 is 10.1 Å². The molecule has 0 aliphatic rings. The summed E-state index contributed by atoms with van der Waals surface area (Å²) in [6.45, 7) is 0. The van der Waals surface area contributed by atoms with Crippen LogP contribution in [0.2, 0.25) is 10.0 Å². The number of nitrogens with one attached hydrogen (secondary N) is 1. The van der Waals surface area contributed by atoms with Crippen LogP contribution in [-0.4, -0.2) is 17.9 Å². The predicted molar refractivity (Wildman–Crippen MR) is 99.4 cm³/mol. The fourth-order valence-electron chi connectivity index (χ4n) is 2.30. The highest BCUT2D eigenvalue weighted by Gasteiger charge is 2.22. The Morgan fingerprint density at radius 3 is 2.68 bits per heavy atom. The molecule has 0 fully saturated rings.